The van der Waals surface area contributed by atoms with Crippen LogP contribution in [0.15, 0.2) is 18.2 Å². The number of carbonyl (C=O) groups is 2. The molecular formula is C26H40N2O8. The smallest absolute Gasteiger partial charge is 0.407 e. The van der Waals surface area contributed by atoms with E-state index in [1.165, 1.54) is 4.90 Å². The Hall–Kier alpha value is -2.56. The van der Waals surface area contributed by atoms with Crippen molar-refractivity contribution in [3.63, 3.8) is 0 Å². The first-order valence-corrected chi connectivity index (χ1v) is 12.4. The van der Waals surface area contributed by atoms with Crippen LogP contribution in [0.2, 0.25) is 0 Å². The summed E-state index contributed by atoms with van der Waals surface area (Å²) in [5, 5.41) is 19.6. The third kappa shape index (κ3) is 6.22. The summed E-state index contributed by atoms with van der Waals surface area (Å²) in [7, 11) is 3.22. The van der Waals surface area contributed by atoms with E-state index in [-0.39, 0.29) is 31.6 Å². The van der Waals surface area contributed by atoms with Crippen molar-refractivity contribution in [2.75, 3.05) is 47.1 Å². The van der Waals surface area contributed by atoms with E-state index in [1.807, 2.05) is 39.0 Å². The number of amides is 2. The number of aliphatic hydroxyl groups is 1. The van der Waals surface area contributed by atoms with Gasteiger partial charge in [0.15, 0.2) is 17.1 Å². The minimum atomic E-state index is -1.44. The highest BCUT2D eigenvalue weighted by Crippen LogP contribution is 2.43. The first kappa shape index (κ1) is 28.0. The summed E-state index contributed by atoms with van der Waals surface area (Å²) in [6.45, 7) is 6.53. The molecule has 0 aromatic heterocycles. The Kier molecular flexibility index (Phi) is 9.08. The molecule has 1 heterocycles. The highest BCUT2D eigenvalue weighted by molar-refractivity contribution is 5.88. The van der Waals surface area contributed by atoms with Crippen LogP contribution in [0.1, 0.15) is 45.6 Å². The number of morpholine rings is 1. The van der Waals surface area contributed by atoms with Gasteiger partial charge in [-0.1, -0.05) is 26.8 Å². The van der Waals surface area contributed by atoms with Crippen LogP contribution in [0.4, 0.5) is 4.79 Å². The van der Waals surface area contributed by atoms with Gasteiger partial charge in [-0.3, -0.25) is 4.79 Å². The average Bonchev–Trinajstić information content (AvgIpc) is 3.69. The van der Waals surface area contributed by atoms with E-state index >= 15 is 0 Å². The topological polar surface area (TPSA) is 118 Å². The van der Waals surface area contributed by atoms with Gasteiger partial charge < -0.3 is 39.0 Å². The number of ether oxygens (including phenoxy) is 4. The molecule has 0 radical (unpaired) electrons. The summed E-state index contributed by atoms with van der Waals surface area (Å²) < 4.78 is 22.7. The Morgan fingerprint density at radius 3 is 2.47 bits per heavy atom. The van der Waals surface area contributed by atoms with Gasteiger partial charge in [0.2, 0.25) is 0 Å². The number of aliphatic hydroxyl groups excluding tert-OH is 1. The molecule has 0 spiro atoms. The third-order valence-electron chi connectivity index (χ3n) is 6.82. The fourth-order valence-corrected chi connectivity index (χ4v) is 4.53. The van der Waals surface area contributed by atoms with Crippen molar-refractivity contribution in [1.82, 2.24) is 9.80 Å². The SMILES string of the molecule is COCCCOc1cc(CN(C(=O)[C@@]2(C(C)(C)C)CN(C(=O)O)C[C@@H](CO)O2)C2CC2)ccc1OC. The lowest BCUT2D eigenvalue weighted by Crippen LogP contribution is -2.69. The molecule has 0 bridgehead atoms. The van der Waals surface area contributed by atoms with E-state index in [0.717, 1.165) is 24.8 Å². The summed E-state index contributed by atoms with van der Waals surface area (Å²) in [5.74, 6) is 0.927. The molecule has 2 atom stereocenters. The highest BCUT2D eigenvalue weighted by atomic mass is 16.5. The monoisotopic (exact) mass is 508 g/mol. The quantitative estimate of drug-likeness (QED) is 0.438. The van der Waals surface area contributed by atoms with Crippen LogP contribution in [0.3, 0.4) is 0 Å². The largest absolute Gasteiger partial charge is 0.493 e. The molecule has 10 heteroatoms. The number of methoxy groups -OCH3 is 2. The summed E-state index contributed by atoms with van der Waals surface area (Å²) in [4.78, 5) is 29.2. The van der Waals surface area contributed by atoms with Crippen molar-refractivity contribution in [1.29, 1.82) is 0 Å². The molecule has 1 aliphatic carbocycles. The summed E-state index contributed by atoms with van der Waals surface area (Å²) in [6, 6.07) is 5.64. The molecule has 2 amide bonds. The highest BCUT2D eigenvalue weighted by Gasteiger charge is 2.58. The van der Waals surface area contributed by atoms with Gasteiger partial charge >= 0.3 is 6.09 Å². The minimum absolute atomic E-state index is 0.0165. The van der Waals surface area contributed by atoms with Gasteiger partial charge in [-0.05, 0) is 30.5 Å². The molecule has 1 aliphatic heterocycles. The number of rotatable bonds is 11. The van der Waals surface area contributed by atoms with Crippen LogP contribution in [-0.2, 0) is 20.8 Å². The van der Waals surface area contributed by atoms with Gasteiger partial charge in [-0.25, -0.2) is 4.79 Å². The minimum Gasteiger partial charge on any atom is -0.493 e. The normalized spacial score (nSPS) is 22.3. The third-order valence-corrected chi connectivity index (χ3v) is 6.82. The summed E-state index contributed by atoms with van der Waals surface area (Å²) >= 11 is 0. The molecule has 10 nitrogen and oxygen atoms in total. The van der Waals surface area contributed by atoms with Crippen LogP contribution in [0, 0.1) is 5.41 Å². The molecule has 1 aromatic carbocycles. The van der Waals surface area contributed by atoms with Crippen molar-refractivity contribution in [2.24, 2.45) is 5.41 Å². The van der Waals surface area contributed by atoms with Gasteiger partial charge in [0.1, 0.15) is 0 Å². The number of carboxylic acid groups (broad SMARTS) is 1. The van der Waals surface area contributed by atoms with E-state index in [4.69, 9.17) is 18.9 Å². The van der Waals surface area contributed by atoms with Crippen LogP contribution >= 0.6 is 0 Å². The molecular weight excluding hydrogens is 468 g/mol. The molecule has 202 valence electrons. The molecule has 2 fully saturated rings. The van der Waals surface area contributed by atoms with Crippen molar-refractivity contribution in [2.45, 2.75) is 64.3 Å². The molecule has 2 N–H and O–H groups in total. The molecule has 1 saturated carbocycles. The molecule has 36 heavy (non-hydrogen) atoms. The first-order valence-electron chi connectivity index (χ1n) is 12.4. The van der Waals surface area contributed by atoms with Crippen molar-refractivity contribution in [3.8, 4) is 11.5 Å². The van der Waals surface area contributed by atoms with Gasteiger partial charge in [0, 0.05) is 38.1 Å². The van der Waals surface area contributed by atoms with E-state index in [9.17, 15) is 19.8 Å². The molecule has 0 unspecified atom stereocenters. The van der Waals surface area contributed by atoms with Gasteiger partial charge in [0.05, 0.1) is 39.5 Å². The maximum Gasteiger partial charge on any atom is 0.407 e. The van der Waals surface area contributed by atoms with Gasteiger partial charge in [-0.2, -0.15) is 0 Å². The maximum absolute atomic E-state index is 14.3. The number of hydrogen-bond donors (Lipinski definition) is 2. The lowest BCUT2D eigenvalue weighted by molar-refractivity contribution is -0.215. The number of benzene rings is 1. The van der Waals surface area contributed by atoms with E-state index < -0.39 is 23.2 Å². The molecule has 2 aliphatic rings. The van der Waals surface area contributed by atoms with Crippen molar-refractivity contribution >= 4 is 12.0 Å². The van der Waals surface area contributed by atoms with E-state index in [2.05, 4.69) is 0 Å². The predicted octanol–water partition coefficient (Wildman–Crippen LogP) is 2.76. The van der Waals surface area contributed by atoms with E-state index in [0.29, 0.717) is 31.3 Å². The summed E-state index contributed by atoms with van der Waals surface area (Å²) in [6.07, 6.45) is 0.547. The molecule has 1 aromatic rings. The van der Waals surface area contributed by atoms with Crippen LogP contribution in [-0.4, -0.2) is 96.9 Å². The van der Waals surface area contributed by atoms with Gasteiger partial charge in [0.25, 0.3) is 5.91 Å². The fourth-order valence-electron chi connectivity index (χ4n) is 4.53. The van der Waals surface area contributed by atoms with Gasteiger partial charge in [-0.15, -0.1) is 0 Å². The standard InChI is InChI=1S/C26H40N2O8/c1-25(2,3)26(17-27(24(31)32)15-20(16-29)36-26)23(30)28(19-8-9-19)14-18-7-10-21(34-5)22(13-18)35-12-6-11-33-4/h7,10,13,19-20,29H,6,8-9,11-12,14-17H2,1-5H3,(H,31,32)/t20-,26+/m0/s1. The zero-order valence-corrected chi connectivity index (χ0v) is 22.0. The molecule has 1 saturated heterocycles. The second-order valence-corrected chi connectivity index (χ2v) is 10.5. The molecule has 3 rings (SSSR count). The Balaban J connectivity index is 1.90. The second kappa shape index (κ2) is 11.7. The van der Waals surface area contributed by atoms with Crippen molar-refractivity contribution < 1.29 is 38.7 Å². The Morgan fingerprint density at radius 1 is 1.19 bits per heavy atom. The first-order chi connectivity index (χ1) is 17.1. The Bertz CT molecular complexity index is 914. The van der Waals surface area contributed by atoms with Crippen LogP contribution < -0.4 is 9.47 Å². The maximum atomic E-state index is 14.3. The number of carbonyl (C=O) groups excluding carboxylic acids is 1. The summed E-state index contributed by atoms with van der Waals surface area (Å²) in [5.41, 5.74) is -1.30. The van der Waals surface area contributed by atoms with Crippen molar-refractivity contribution in [3.05, 3.63) is 23.8 Å². The number of hydrogen-bond acceptors (Lipinski definition) is 7. The Morgan fingerprint density at radius 2 is 1.92 bits per heavy atom. The van der Waals surface area contributed by atoms with E-state index in [1.54, 1.807) is 19.1 Å². The predicted molar refractivity (Wildman–Crippen MR) is 132 cm³/mol. The fraction of sp³-hybridized carbons (Fsp3) is 0.692. The Labute approximate surface area is 213 Å². The van der Waals surface area contributed by atoms with Crippen LogP contribution in [0.25, 0.3) is 0 Å². The van der Waals surface area contributed by atoms with Crippen LogP contribution in [0.5, 0.6) is 11.5 Å². The number of nitrogens with zero attached hydrogens (tertiary/aromatic N) is 2. The average molecular weight is 509 g/mol. The second-order valence-electron chi connectivity index (χ2n) is 10.5. The lowest BCUT2D eigenvalue weighted by atomic mass is 9.73. The zero-order chi connectivity index (χ0) is 26.5. The zero-order valence-electron chi connectivity index (χ0n) is 22.0. The lowest BCUT2D eigenvalue weighted by Gasteiger charge is -2.52.